The number of benzene rings is 2. The summed E-state index contributed by atoms with van der Waals surface area (Å²) >= 11 is 3.46. The first-order chi connectivity index (χ1) is 12.2. The van der Waals surface area contributed by atoms with Crippen molar-refractivity contribution < 1.29 is 4.79 Å². The van der Waals surface area contributed by atoms with Crippen LogP contribution in [-0.4, -0.2) is 33.7 Å². The van der Waals surface area contributed by atoms with Crippen LogP contribution in [-0.2, 0) is 0 Å². The van der Waals surface area contributed by atoms with Gasteiger partial charge in [-0.15, -0.1) is 0 Å². The van der Waals surface area contributed by atoms with E-state index in [1.807, 2.05) is 65.7 Å². The van der Waals surface area contributed by atoms with E-state index in [1.54, 1.807) is 4.68 Å². The van der Waals surface area contributed by atoms with Gasteiger partial charge in [-0.1, -0.05) is 46.3 Å². The predicted octanol–water partition coefficient (Wildman–Crippen LogP) is 4.54. The van der Waals surface area contributed by atoms with Crippen LogP contribution in [0.3, 0.4) is 0 Å². The molecule has 0 N–H and O–H groups in total. The minimum absolute atomic E-state index is 0.0672. The second kappa shape index (κ2) is 6.84. The Morgan fingerprint density at radius 2 is 1.64 bits per heavy atom. The molecule has 0 atom stereocenters. The molecule has 2 heterocycles. The van der Waals surface area contributed by atoms with Crippen LogP contribution >= 0.6 is 15.9 Å². The Kier molecular flexibility index (Phi) is 4.40. The summed E-state index contributed by atoms with van der Waals surface area (Å²) in [5.41, 5.74) is 3.28. The molecule has 4 nitrogen and oxygen atoms in total. The molecule has 1 aromatic heterocycles. The number of halogens is 1. The lowest BCUT2D eigenvalue weighted by molar-refractivity contribution is 0.0793. The van der Waals surface area contributed by atoms with Gasteiger partial charge in [0.1, 0.15) is 5.69 Å². The monoisotopic (exact) mass is 395 g/mol. The summed E-state index contributed by atoms with van der Waals surface area (Å²) in [6.45, 7) is 1.66. The third-order valence-electron chi connectivity index (χ3n) is 4.48. The quantitative estimate of drug-likeness (QED) is 0.652. The molecule has 4 rings (SSSR count). The number of carbonyl (C=O) groups excluding carboxylic acids is 1. The summed E-state index contributed by atoms with van der Waals surface area (Å²) in [6.07, 6.45) is 4.01. The topological polar surface area (TPSA) is 38.1 Å². The molecule has 5 heteroatoms. The summed E-state index contributed by atoms with van der Waals surface area (Å²) in [5.74, 6) is 0.0672. The second-order valence-electron chi connectivity index (χ2n) is 6.18. The van der Waals surface area contributed by atoms with Crippen molar-refractivity contribution in [1.29, 1.82) is 0 Å². The maximum atomic E-state index is 13.0. The van der Waals surface area contributed by atoms with E-state index in [1.165, 1.54) is 0 Å². The lowest BCUT2D eigenvalue weighted by Gasteiger charge is -2.14. The fraction of sp³-hybridized carbons (Fsp3) is 0.200. The van der Waals surface area contributed by atoms with E-state index in [-0.39, 0.29) is 5.91 Å². The van der Waals surface area contributed by atoms with Crippen molar-refractivity contribution in [2.45, 2.75) is 12.8 Å². The van der Waals surface area contributed by atoms with Crippen LogP contribution in [0, 0.1) is 0 Å². The van der Waals surface area contributed by atoms with Gasteiger partial charge in [-0.3, -0.25) is 4.79 Å². The van der Waals surface area contributed by atoms with E-state index in [0.717, 1.165) is 47.3 Å². The first-order valence-electron chi connectivity index (χ1n) is 8.43. The maximum Gasteiger partial charge on any atom is 0.257 e. The number of carbonyl (C=O) groups is 1. The Labute approximate surface area is 155 Å². The third kappa shape index (κ3) is 3.24. The number of para-hydroxylation sites is 1. The zero-order chi connectivity index (χ0) is 17.2. The summed E-state index contributed by atoms with van der Waals surface area (Å²) < 4.78 is 2.80. The Balaban J connectivity index is 1.81. The number of amides is 1. The van der Waals surface area contributed by atoms with E-state index in [9.17, 15) is 4.79 Å². The van der Waals surface area contributed by atoms with Crippen LogP contribution in [0.4, 0.5) is 0 Å². The van der Waals surface area contributed by atoms with E-state index in [4.69, 9.17) is 5.10 Å². The van der Waals surface area contributed by atoms with E-state index >= 15 is 0 Å². The van der Waals surface area contributed by atoms with Crippen LogP contribution < -0.4 is 0 Å². The van der Waals surface area contributed by atoms with Gasteiger partial charge in [0, 0.05) is 29.3 Å². The Morgan fingerprint density at radius 3 is 2.32 bits per heavy atom. The molecule has 1 amide bonds. The number of hydrogen-bond acceptors (Lipinski definition) is 2. The fourth-order valence-corrected chi connectivity index (χ4v) is 3.42. The van der Waals surface area contributed by atoms with Gasteiger partial charge in [0.25, 0.3) is 5.91 Å². The minimum Gasteiger partial charge on any atom is -0.339 e. The molecule has 126 valence electrons. The third-order valence-corrected chi connectivity index (χ3v) is 5.00. The van der Waals surface area contributed by atoms with Crippen LogP contribution in [0.1, 0.15) is 23.2 Å². The van der Waals surface area contributed by atoms with Crippen molar-refractivity contribution in [3.8, 4) is 16.9 Å². The highest BCUT2D eigenvalue weighted by molar-refractivity contribution is 9.10. The lowest BCUT2D eigenvalue weighted by atomic mass is 10.1. The summed E-state index contributed by atoms with van der Waals surface area (Å²) in [7, 11) is 0. The molecule has 0 saturated carbocycles. The molecule has 3 aromatic rings. The average molecular weight is 396 g/mol. The van der Waals surface area contributed by atoms with Crippen molar-refractivity contribution in [1.82, 2.24) is 14.7 Å². The van der Waals surface area contributed by atoms with Gasteiger partial charge in [0.15, 0.2) is 0 Å². The summed E-state index contributed by atoms with van der Waals surface area (Å²) in [6, 6.07) is 17.8. The SMILES string of the molecule is O=C(c1cn(-c2ccccc2)nc1-c1ccc(Br)cc1)N1CCCC1. The molecule has 0 radical (unpaired) electrons. The number of hydrogen-bond donors (Lipinski definition) is 0. The highest BCUT2D eigenvalue weighted by Crippen LogP contribution is 2.27. The van der Waals surface area contributed by atoms with Crippen LogP contribution in [0.15, 0.2) is 65.3 Å². The molecular formula is C20H18BrN3O. The van der Waals surface area contributed by atoms with E-state index in [0.29, 0.717) is 5.56 Å². The summed E-state index contributed by atoms with van der Waals surface area (Å²) in [4.78, 5) is 14.9. The normalized spacial score (nSPS) is 14.0. The first-order valence-corrected chi connectivity index (χ1v) is 9.22. The highest BCUT2D eigenvalue weighted by Gasteiger charge is 2.25. The first kappa shape index (κ1) is 16.1. The number of aromatic nitrogens is 2. The molecular weight excluding hydrogens is 378 g/mol. The molecule has 1 aliphatic heterocycles. The predicted molar refractivity (Wildman–Crippen MR) is 102 cm³/mol. The Morgan fingerprint density at radius 1 is 0.960 bits per heavy atom. The van der Waals surface area contributed by atoms with Crippen molar-refractivity contribution in [3.05, 3.63) is 70.8 Å². The molecule has 2 aromatic carbocycles. The van der Waals surface area contributed by atoms with Gasteiger partial charge < -0.3 is 4.90 Å². The standard InChI is InChI=1S/C20H18BrN3O/c21-16-10-8-15(9-11-16)19-18(20(25)23-12-4-5-13-23)14-24(22-19)17-6-2-1-3-7-17/h1-3,6-11,14H,4-5,12-13H2. The van der Waals surface area contributed by atoms with E-state index in [2.05, 4.69) is 15.9 Å². The van der Waals surface area contributed by atoms with Crippen LogP contribution in [0.2, 0.25) is 0 Å². The van der Waals surface area contributed by atoms with Gasteiger partial charge in [-0.05, 0) is 37.1 Å². The smallest absolute Gasteiger partial charge is 0.257 e. The van der Waals surface area contributed by atoms with Crippen LogP contribution in [0.5, 0.6) is 0 Å². The molecule has 1 aliphatic rings. The number of nitrogens with zero attached hydrogens (tertiary/aromatic N) is 3. The lowest BCUT2D eigenvalue weighted by Crippen LogP contribution is -2.27. The highest BCUT2D eigenvalue weighted by atomic mass is 79.9. The van der Waals surface area contributed by atoms with Gasteiger partial charge in [0.05, 0.1) is 11.3 Å². The van der Waals surface area contributed by atoms with Gasteiger partial charge in [-0.25, -0.2) is 4.68 Å². The molecule has 0 bridgehead atoms. The molecule has 0 aliphatic carbocycles. The number of likely N-dealkylation sites (tertiary alicyclic amines) is 1. The molecule has 1 saturated heterocycles. The largest absolute Gasteiger partial charge is 0.339 e. The van der Waals surface area contributed by atoms with Gasteiger partial charge >= 0.3 is 0 Å². The Bertz CT molecular complexity index is 881. The number of rotatable bonds is 3. The molecule has 0 spiro atoms. The zero-order valence-corrected chi connectivity index (χ0v) is 15.3. The average Bonchev–Trinajstić information content (AvgIpc) is 3.33. The van der Waals surface area contributed by atoms with Crippen LogP contribution in [0.25, 0.3) is 16.9 Å². The molecule has 25 heavy (non-hydrogen) atoms. The van der Waals surface area contributed by atoms with Crippen molar-refractivity contribution in [3.63, 3.8) is 0 Å². The molecule has 1 fully saturated rings. The van der Waals surface area contributed by atoms with E-state index < -0.39 is 0 Å². The Hall–Kier alpha value is -2.40. The molecule has 0 unspecified atom stereocenters. The fourth-order valence-electron chi connectivity index (χ4n) is 3.15. The minimum atomic E-state index is 0.0672. The zero-order valence-electron chi connectivity index (χ0n) is 13.7. The van der Waals surface area contributed by atoms with Gasteiger partial charge in [-0.2, -0.15) is 5.10 Å². The van der Waals surface area contributed by atoms with Gasteiger partial charge in [0.2, 0.25) is 0 Å². The summed E-state index contributed by atoms with van der Waals surface area (Å²) in [5, 5.41) is 4.73. The second-order valence-corrected chi connectivity index (χ2v) is 7.09. The van der Waals surface area contributed by atoms with Crippen molar-refractivity contribution in [2.75, 3.05) is 13.1 Å². The van der Waals surface area contributed by atoms with Crippen molar-refractivity contribution >= 4 is 21.8 Å². The maximum absolute atomic E-state index is 13.0. The van der Waals surface area contributed by atoms with Crippen molar-refractivity contribution in [2.24, 2.45) is 0 Å².